The normalized spacial score (nSPS) is 16.7. The molecule has 1 aliphatic heterocycles. The average Bonchev–Trinajstić information content (AvgIpc) is 2.78. The molecule has 1 fully saturated rings. The Balaban J connectivity index is 2.05. The zero-order valence-electron chi connectivity index (χ0n) is 14.2. The minimum Gasteiger partial charge on any atom is -0.496 e. The lowest BCUT2D eigenvalue weighted by Crippen LogP contribution is -2.42. The van der Waals surface area contributed by atoms with E-state index in [-0.39, 0.29) is 24.4 Å². The summed E-state index contributed by atoms with van der Waals surface area (Å²) in [6.07, 6.45) is 3.52. The maximum Gasteiger partial charge on any atom is 0.242 e. The van der Waals surface area contributed by atoms with Crippen molar-refractivity contribution in [3.63, 3.8) is 0 Å². The zero-order valence-corrected chi connectivity index (χ0v) is 14.2. The molecule has 0 bridgehead atoms. The lowest BCUT2D eigenvalue weighted by molar-refractivity contribution is -0.140. The van der Waals surface area contributed by atoms with Crippen LogP contribution in [0, 0.1) is 0 Å². The minimum atomic E-state index is -0.110. The van der Waals surface area contributed by atoms with Gasteiger partial charge in [0.05, 0.1) is 19.7 Å². The van der Waals surface area contributed by atoms with Crippen LogP contribution in [0.15, 0.2) is 24.3 Å². The van der Waals surface area contributed by atoms with E-state index >= 15 is 0 Å². The minimum absolute atomic E-state index is 0.0429. The lowest BCUT2D eigenvalue weighted by atomic mass is 10.1. The molecule has 2 amide bonds. The van der Waals surface area contributed by atoms with Crippen molar-refractivity contribution in [1.82, 2.24) is 9.80 Å². The summed E-state index contributed by atoms with van der Waals surface area (Å²) in [5.41, 5.74) is 0.966. The third-order valence-corrected chi connectivity index (χ3v) is 4.56. The van der Waals surface area contributed by atoms with Crippen molar-refractivity contribution >= 4 is 11.8 Å². The summed E-state index contributed by atoms with van der Waals surface area (Å²) in [7, 11) is 3.41. The van der Waals surface area contributed by atoms with Gasteiger partial charge in [0.15, 0.2) is 0 Å². The summed E-state index contributed by atoms with van der Waals surface area (Å²) in [5, 5.41) is 0. The number of carbonyl (C=O) groups is 2. The topological polar surface area (TPSA) is 49.9 Å². The van der Waals surface area contributed by atoms with Gasteiger partial charge in [-0.2, -0.15) is 0 Å². The van der Waals surface area contributed by atoms with E-state index in [2.05, 4.69) is 0 Å². The van der Waals surface area contributed by atoms with E-state index in [9.17, 15) is 9.59 Å². The van der Waals surface area contributed by atoms with Gasteiger partial charge in [-0.25, -0.2) is 0 Å². The first-order valence-corrected chi connectivity index (χ1v) is 8.21. The molecule has 0 N–H and O–H groups in total. The number of benzene rings is 1. The van der Waals surface area contributed by atoms with E-state index in [1.165, 1.54) is 0 Å². The van der Waals surface area contributed by atoms with Crippen LogP contribution in [0.25, 0.3) is 0 Å². The Morgan fingerprint density at radius 1 is 1.30 bits per heavy atom. The first-order valence-electron chi connectivity index (χ1n) is 8.21. The standard InChI is InChI=1S/C18H26N2O3/c1-14(15-9-6-7-10-16(15)23-3)19(2)18(22)13-20-12-8-4-5-11-17(20)21/h6-7,9-10,14H,4-5,8,11-13H2,1-3H3. The van der Waals surface area contributed by atoms with Crippen molar-refractivity contribution in [3.05, 3.63) is 29.8 Å². The second-order valence-corrected chi connectivity index (χ2v) is 6.05. The zero-order chi connectivity index (χ0) is 16.8. The molecule has 0 radical (unpaired) electrons. The molecule has 0 spiro atoms. The monoisotopic (exact) mass is 318 g/mol. The Bertz CT molecular complexity index is 559. The van der Waals surface area contributed by atoms with Crippen LogP contribution in [-0.4, -0.2) is 48.9 Å². The molecular weight excluding hydrogens is 292 g/mol. The Hall–Kier alpha value is -2.04. The van der Waals surface area contributed by atoms with Gasteiger partial charge in [-0.15, -0.1) is 0 Å². The quantitative estimate of drug-likeness (QED) is 0.838. The molecule has 0 aliphatic carbocycles. The van der Waals surface area contributed by atoms with Crippen LogP contribution in [0.1, 0.15) is 44.2 Å². The van der Waals surface area contributed by atoms with Crippen LogP contribution in [0.5, 0.6) is 5.75 Å². The summed E-state index contributed by atoms with van der Waals surface area (Å²) in [6.45, 7) is 2.82. The maximum atomic E-state index is 12.6. The van der Waals surface area contributed by atoms with Crippen LogP contribution < -0.4 is 4.74 Å². The highest BCUT2D eigenvalue weighted by Crippen LogP contribution is 2.28. The SMILES string of the molecule is COc1ccccc1C(C)N(C)C(=O)CN1CCCCCC1=O. The van der Waals surface area contributed by atoms with Crippen LogP contribution in [0.4, 0.5) is 0 Å². The van der Waals surface area contributed by atoms with Gasteiger partial charge in [0, 0.05) is 25.6 Å². The van der Waals surface area contributed by atoms with Crippen molar-refractivity contribution < 1.29 is 14.3 Å². The number of hydrogen-bond donors (Lipinski definition) is 0. The van der Waals surface area contributed by atoms with Gasteiger partial charge in [0.2, 0.25) is 11.8 Å². The van der Waals surface area contributed by atoms with E-state index in [1.807, 2.05) is 31.2 Å². The van der Waals surface area contributed by atoms with Crippen molar-refractivity contribution in [2.75, 3.05) is 27.2 Å². The van der Waals surface area contributed by atoms with Gasteiger partial charge in [0.1, 0.15) is 5.75 Å². The molecular formula is C18H26N2O3. The number of likely N-dealkylation sites (tertiary alicyclic amines) is 1. The molecule has 1 atom stereocenters. The number of amides is 2. The van der Waals surface area contributed by atoms with Crippen LogP contribution in [0.2, 0.25) is 0 Å². The number of rotatable bonds is 5. The maximum absolute atomic E-state index is 12.6. The Labute approximate surface area is 138 Å². The Morgan fingerprint density at radius 2 is 2.04 bits per heavy atom. The Kier molecular flexibility index (Phi) is 6.02. The molecule has 1 unspecified atom stereocenters. The highest BCUT2D eigenvalue weighted by Gasteiger charge is 2.24. The summed E-state index contributed by atoms with van der Waals surface area (Å²) in [4.78, 5) is 28.0. The van der Waals surface area contributed by atoms with E-state index in [4.69, 9.17) is 4.74 Å². The first-order chi connectivity index (χ1) is 11.0. The lowest BCUT2D eigenvalue weighted by Gasteiger charge is -2.29. The number of para-hydroxylation sites is 1. The fourth-order valence-corrected chi connectivity index (χ4v) is 2.92. The van der Waals surface area contributed by atoms with Crippen molar-refractivity contribution in [2.24, 2.45) is 0 Å². The first kappa shape index (κ1) is 17.3. The summed E-state index contributed by atoms with van der Waals surface area (Å²) >= 11 is 0. The van der Waals surface area contributed by atoms with Gasteiger partial charge < -0.3 is 14.5 Å². The predicted octanol–water partition coefficient (Wildman–Crippen LogP) is 2.62. The Morgan fingerprint density at radius 3 is 2.78 bits per heavy atom. The number of ether oxygens (including phenoxy) is 1. The van der Waals surface area contributed by atoms with Gasteiger partial charge in [-0.05, 0) is 25.8 Å². The van der Waals surface area contributed by atoms with Gasteiger partial charge >= 0.3 is 0 Å². The average molecular weight is 318 g/mol. The van der Waals surface area contributed by atoms with Gasteiger partial charge in [-0.3, -0.25) is 9.59 Å². The second-order valence-electron chi connectivity index (χ2n) is 6.05. The molecule has 5 nitrogen and oxygen atoms in total. The molecule has 1 saturated heterocycles. The van der Waals surface area contributed by atoms with Crippen molar-refractivity contribution in [3.8, 4) is 5.75 Å². The number of likely N-dealkylation sites (N-methyl/N-ethyl adjacent to an activating group) is 1. The molecule has 0 saturated carbocycles. The molecule has 2 rings (SSSR count). The fraction of sp³-hybridized carbons (Fsp3) is 0.556. The number of hydrogen-bond acceptors (Lipinski definition) is 3. The molecule has 0 aromatic heterocycles. The molecule has 1 heterocycles. The van der Waals surface area contributed by atoms with Crippen LogP contribution in [0.3, 0.4) is 0 Å². The smallest absolute Gasteiger partial charge is 0.242 e. The molecule has 5 heteroatoms. The van der Waals surface area contributed by atoms with E-state index in [0.717, 1.165) is 30.6 Å². The van der Waals surface area contributed by atoms with Crippen LogP contribution in [-0.2, 0) is 9.59 Å². The molecule has 1 aromatic carbocycles. The van der Waals surface area contributed by atoms with E-state index in [1.54, 1.807) is 24.0 Å². The van der Waals surface area contributed by atoms with E-state index in [0.29, 0.717) is 13.0 Å². The predicted molar refractivity (Wildman–Crippen MR) is 89.2 cm³/mol. The second kappa shape index (κ2) is 7.99. The van der Waals surface area contributed by atoms with Crippen molar-refractivity contribution in [1.29, 1.82) is 0 Å². The van der Waals surface area contributed by atoms with Gasteiger partial charge in [-0.1, -0.05) is 24.6 Å². The highest BCUT2D eigenvalue weighted by atomic mass is 16.5. The van der Waals surface area contributed by atoms with E-state index < -0.39 is 0 Å². The number of methoxy groups -OCH3 is 1. The third kappa shape index (κ3) is 4.24. The van der Waals surface area contributed by atoms with Gasteiger partial charge in [0.25, 0.3) is 0 Å². The van der Waals surface area contributed by atoms with Crippen LogP contribution >= 0.6 is 0 Å². The fourth-order valence-electron chi connectivity index (χ4n) is 2.92. The summed E-state index contributed by atoms with van der Waals surface area (Å²) in [5.74, 6) is 0.818. The van der Waals surface area contributed by atoms with Crippen molar-refractivity contribution in [2.45, 2.75) is 38.6 Å². The largest absolute Gasteiger partial charge is 0.496 e. The number of carbonyl (C=O) groups excluding carboxylic acids is 2. The third-order valence-electron chi connectivity index (χ3n) is 4.56. The molecule has 1 aliphatic rings. The summed E-state index contributed by atoms with van der Waals surface area (Å²) in [6, 6.07) is 7.59. The molecule has 126 valence electrons. The number of nitrogens with zero attached hydrogens (tertiary/aromatic N) is 2. The molecule has 23 heavy (non-hydrogen) atoms. The molecule has 1 aromatic rings. The highest BCUT2D eigenvalue weighted by molar-refractivity contribution is 5.85. The summed E-state index contributed by atoms with van der Waals surface area (Å²) < 4.78 is 5.38.